The summed E-state index contributed by atoms with van der Waals surface area (Å²) in [6.07, 6.45) is 2.25. The summed E-state index contributed by atoms with van der Waals surface area (Å²) in [4.78, 5) is 22.4. The summed E-state index contributed by atoms with van der Waals surface area (Å²) < 4.78 is 41.7. The number of nitrogens with two attached hydrogens (primary N) is 1. The molecule has 1 aliphatic carbocycles. The van der Waals surface area contributed by atoms with Crippen LogP contribution in [0.2, 0.25) is 0 Å². The van der Waals surface area contributed by atoms with E-state index in [1.54, 1.807) is 0 Å². The normalized spacial score (nSPS) is 19.1. The number of halogens is 3. The molecular weight excluding hydrogens is 383 g/mol. The van der Waals surface area contributed by atoms with E-state index in [0.717, 1.165) is 11.5 Å². The average Bonchev–Trinajstić information content (AvgIpc) is 2.66. The van der Waals surface area contributed by atoms with Gasteiger partial charge in [0.1, 0.15) is 5.82 Å². The van der Waals surface area contributed by atoms with Crippen LogP contribution in [0.25, 0.3) is 0 Å². The molecular formula is C20H24F3N5O. The summed E-state index contributed by atoms with van der Waals surface area (Å²) >= 11 is 0. The SMILES string of the molecule is Cc1cc(N(C)C)nc(NC2CCC(c3c(C(N)=O)cc(F)c(F)c3F)CC2)n1. The average molecular weight is 407 g/mol. The Morgan fingerprint density at radius 2 is 1.76 bits per heavy atom. The lowest BCUT2D eigenvalue weighted by Gasteiger charge is -2.30. The van der Waals surface area contributed by atoms with Gasteiger partial charge in [0.2, 0.25) is 11.9 Å². The van der Waals surface area contributed by atoms with E-state index in [9.17, 15) is 18.0 Å². The quantitative estimate of drug-likeness (QED) is 0.741. The highest BCUT2D eigenvalue weighted by atomic mass is 19.2. The summed E-state index contributed by atoms with van der Waals surface area (Å²) in [5, 5.41) is 3.29. The van der Waals surface area contributed by atoms with E-state index in [1.807, 2.05) is 32.0 Å². The van der Waals surface area contributed by atoms with E-state index in [-0.39, 0.29) is 17.2 Å². The largest absolute Gasteiger partial charge is 0.366 e. The number of nitrogens with zero attached hydrogens (tertiary/aromatic N) is 3. The van der Waals surface area contributed by atoms with Crippen molar-refractivity contribution in [1.82, 2.24) is 9.97 Å². The van der Waals surface area contributed by atoms with Crippen molar-refractivity contribution in [3.8, 4) is 0 Å². The maximum Gasteiger partial charge on any atom is 0.249 e. The molecule has 0 radical (unpaired) electrons. The van der Waals surface area contributed by atoms with Crippen LogP contribution in [0.4, 0.5) is 24.9 Å². The van der Waals surface area contributed by atoms with E-state index < -0.39 is 29.3 Å². The first-order chi connectivity index (χ1) is 13.7. The van der Waals surface area contributed by atoms with Gasteiger partial charge >= 0.3 is 0 Å². The molecule has 1 aliphatic rings. The van der Waals surface area contributed by atoms with E-state index in [2.05, 4.69) is 15.3 Å². The van der Waals surface area contributed by atoms with Gasteiger partial charge in [-0.3, -0.25) is 4.79 Å². The lowest BCUT2D eigenvalue weighted by molar-refractivity contribution is 0.0997. The summed E-state index contributed by atoms with van der Waals surface area (Å²) in [7, 11) is 3.78. The highest BCUT2D eigenvalue weighted by molar-refractivity contribution is 5.94. The van der Waals surface area contributed by atoms with Gasteiger partial charge in [0.25, 0.3) is 0 Å². The summed E-state index contributed by atoms with van der Waals surface area (Å²) in [6.45, 7) is 1.88. The molecule has 2 aromatic rings. The zero-order chi connectivity index (χ0) is 21.3. The Hall–Kier alpha value is -2.84. The van der Waals surface area contributed by atoms with Crippen molar-refractivity contribution in [2.24, 2.45) is 5.73 Å². The second kappa shape index (κ2) is 8.26. The maximum absolute atomic E-state index is 14.4. The molecule has 1 heterocycles. The van der Waals surface area contributed by atoms with Crippen LogP contribution in [-0.4, -0.2) is 36.0 Å². The van der Waals surface area contributed by atoms with Crippen LogP contribution >= 0.6 is 0 Å². The Kier molecular flexibility index (Phi) is 5.95. The first-order valence-corrected chi connectivity index (χ1v) is 9.44. The fourth-order valence-electron chi connectivity index (χ4n) is 3.77. The number of hydrogen-bond acceptors (Lipinski definition) is 5. The number of amides is 1. The van der Waals surface area contributed by atoms with Gasteiger partial charge in [0.05, 0.1) is 0 Å². The molecule has 3 rings (SSSR count). The molecule has 0 bridgehead atoms. The minimum absolute atomic E-state index is 0.0495. The molecule has 1 aromatic heterocycles. The minimum atomic E-state index is -1.57. The standard InChI is InChI=1S/C20H24F3N5O/c1-10-8-15(28(2)3)27-20(25-10)26-12-6-4-11(5-7-12)16-13(19(24)29)9-14(21)17(22)18(16)23/h8-9,11-12H,4-7H2,1-3H3,(H2,24,29)(H,25,26,27). The number of anilines is 2. The molecule has 9 heteroatoms. The highest BCUT2D eigenvalue weighted by Crippen LogP contribution is 2.38. The van der Waals surface area contributed by atoms with E-state index in [4.69, 9.17) is 5.73 Å². The van der Waals surface area contributed by atoms with E-state index in [1.165, 1.54) is 0 Å². The van der Waals surface area contributed by atoms with E-state index in [0.29, 0.717) is 37.7 Å². The Morgan fingerprint density at radius 1 is 1.10 bits per heavy atom. The Morgan fingerprint density at radius 3 is 2.34 bits per heavy atom. The van der Waals surface area contributed by atoms with Gasteiger partial charge in [-0.2, -0.15) is 4.98 Å². The van der Waals surface area contributed by atoms with Crippen LogP contribution in [0.5, 0.6) is 0 Å². The molecule has 0 spiro atoms. The lowest BCUT2D eigenvalue weighted by atomic mass is 9.79. The van der Waals surface area contributed by atoms with Crippen molar-refractivity contribution in [1.29, 1.82) is 0 Å². The number of primary amides is 1. The van der Waals surface area contributed by atoms with Crippen LogP contribution in [0, 0.1) is 24.4 Å². The fourth-order valence-corrected chi connectivity index (χ4v) is 3.77. The van der Waals surface area contributed by atoms with Crippen molar-refractivity contribution >= 4 is 17.7 Å². The highest BCUT2D eigenvalue weighted by Gasteiger charge is 2.31. The van der Waals surface area contributed by atoms with Crippen LogP contribution in [-0.2, 0) is 0 Å². The number of nitrogens with one attached hydrogen (secondary N) is 1. The van der Waals surface area contributed by atoms with Crippen molar-refractivity contribution in [2.45, 2.75) is 44.6 Å². The second-order valence-corrected chi connectivity index (χ2v) is 7.59. The molecule has 3 N–H and O–H groups in total. The van der Waals surface area contributed by atoms with Crippen molar-refractivity contribution < 1.29 is 18.0 Å². The Bertz CT molecular complexity index is 927. The van der Waals surface area contributed by atoms with Crippen molar-refractivity contribution in [2.75, 3.05) is 24.3 Å². The van der Waals surface area contributed by atoms with Gasteiger partial charge in [-0.15, -0.1) is 0 Å². The molecule has 0 unspecified atom stereocenters. The Labute approximate surface area is 167 Å². The first kappa shape index (κ1) is 20.9. The number of carbonyl (C=O) groups is 1. The van der Waals surface area contributed by atoms with Crippen LogP contribution in [0.3, 0.4) is 0 Å². The number of aryl methyl sites for hydroxylation is 1. The molecule has 0 saturated heterocycles. The molecule has 1 amide bonds. The van der Waals surface area contributed by atoms with Crippen LogP contribution in [0.15, 0.2) is 12.1 Å². The maximum atomic E-state index is 14.4. The van der Waals surface area contributed by atoms with Gasteiger partial charge in [-0.1, -0.05) is 0 Å². The second-order valence-electron chi connectivity index (χ2n) is 7.59. The summed E-state index contributed by atoms with van der Waals surface area (Å²) in [6, 6.07) is 2.61. The first-order valence-electron chi connectivity index (χ1n) is 9.44. The summed E-state index contributed by atoms with van der Waals surface area (Å²) in [5.41, 5.74) is 5.67. The fraction of sp³-hybridized carbons (Fsp3) is 0.450. The predicted molar refractivity (Wildman–Crippen MR) is 105 cm³/mol. The molecule has 1 fully saturated rings. The van der Waals surface area contributed by atoms with Gasteiger partial charge < -0.3 is 16.0 Å². The number of aromatic nitrogens is 2. The van der Waals surface area contributed by atoms with Gasteiger partial charge in [-0.05, 0) is 44.6 Å². The molecule has 156 valence electrons. The molecule has 0 atom stereocenters. The topological polar surface area (TPSA) is 84.1 Å². The number of benzene rings is 1. The van der Waals surface area contributed by atoms with E-state index >= 15 is 0 Å². The zero-order valence-electron chi connectivity index (χ0n) is 16.6. The lowest BCUT2D eigenvalue weighted by Crippen LogP contribution is -2.28. The smallest absolute Gasteiger partial charge is 0.249 e. The van der Waals surface area contributed by atoms with Crippen LogP contribution < -0.4 is 16.0 Å². The van der Waals surface area contributed by atoms with Crippen molar-refractivity contribution in [3.05, 3.63) is 46.4 Å². The minimum Gasteiger partial charge on any atom is -0.366 e. The number of carbonyl (C=O) groups excluding carboxylic acids is 1. The zero-order valence-corrected chi connectivity index (χ0v) is 16.6. The monoisotopic (exact) mass is 407 g/mol. The van der Waals surface area contributed by atoms with Crippen molar-refractivity contribution in [3.63, 3.8) is 0 Å². The third-order valence-corrected chi connectivity index (χ3v) is 5.23. The van der Waals surface area contributed by atoms with Gasteiger partial charge in [0, 0.05) is 43.0 Å². The Balaban J connectivity index is 1.75. The molecule has 1 aromatic carbocycles. The summed E-state index contributed by atoms with van der Waals surface area (Å²) in [5.74, 6) is -4.41. The van der Waals surface area contributed by atoms with Gasteiger partial charge in [0.15, 0.2) is 17.5 Å². The molecule has 0 aliphatic heterocycles. The predicted octanol–water partition coefficient (Wildman–Crippen LogP) is 3.51. The molecule has 1 saturated carbocycles. The number of rotatable bonds is 5. The molecule has 6 nitrogen and oxygen atoms in total. The van der Waals surface area contributed by atoms with Gasteiger partial charge in [-0.25, -0.2) is 18.2 Å². The third kappa shape index (κ3) is 4.44. The number of hydrogen-bond donors (Lipinski definition) is 2. The molecule has 29 heavy (non-hydrogen) atoms. The van der Waals surface area contributed by atoms with Crippen LogP contribution in [0.1, 0.15) is 53.2 Å². The third-order valence-electron chi connectivity index (χ3n) is 5.23.